The molecule has 0 bridgehead atoms. The lowest BCUT2D eigenvalue weighted by atomic mass is 9.85. The highest BCUT2D eigenvalue weighted by Gasteiger charge is 2.49. The standard InChI is InChI=1S/C11H13FO3S/c12-9-4-1-2-5-10(9)16(14,15)11(8-13)6-3-7-11/h1-2,4-5,13H,3,6-8H2. The van der Waals surface area contributed by atoms with E-state index in [0.717, 1.165) is 12.5 Å². The van der Waals surface area contributed by atoms with Gasteiger partial charge in [-0.1, -0.05) is 18.6 Å². The van der Waals surface area contributed by atoms with Crippen LogP contribution in [-0.4, -0.2) is 24.9 Å². The third-order valence-corrected chi connectivity index (χ3v) is 5.84. The zero-order chi connectivity index (χ0) is 11.8. The quantitative estimate of drug-likeness (QED) is 0.877. The molecule has 1 saturated carbocycles. The molecule has 1 aromatic carbocycles. The molecule has 0 radical (unpaired) electrons. The van der Waals surface area contributed by atoms with E-state index in [0.29, 0.717) is 12.8 Å². The van der Waals surface area contributed by atoms with Crippen LogP contribution in [0.2, 0.25) is 0 Å². The summed E-state index contributed by atoms with van der Waals surface area (Å²) in [6, 6.07) is 5.30. The number of aliphatic hydroxyl groups excluding tert-OH is 1. The Kier molecular flexibility index (Phi) is 2.75. The maximum Gasteiger partial charge on any atom is 0.189 e. The van der Waals surface area contributed by atoms with Crippen LogP contribution in [0.5, 0.6) is 0 Å². The largest absolute Gasteiger partial charge is 0.395 e. The molecule has 0 saturated heterocycles. The van der Waals surface area contributed by atoms with Crippen LogP contribution in [0.1, 0.15) is 19.3 Å². The van der Waals surface area contributed by atoms with E-state index in [4.69, 9.17) is 0 Å². The molecule has 1 aliphatic carbocycles. The molecule has 0 heterocycles. The number of hydrogen-bond donors (Lipinski definition) is 1. The van der Waals surface area contributed by atoms with Gasteiger partial charge in [0.1, 0.15) is 10.7 Å². The first-order chi connectivity index (χ1) is 7.53. The molecule has 3 nitrogen and oxygen atoms in total. The predicted molar refractivity (Wildman–Crippen MR) is 57.3 cm³/mol. The first-order valence-corrected chi connectivity index (χ1v) is 6.62. The summed E-state index contributed by atoms with van der Waals surface area (Å²) < 4.78 is 36.7. The van der Waals surface area contributed by atoms with Gasteiger partial charge in [0.25, 0.3) is 0 Å². The van der Waals surface area contributed by atoms with Crippen molar-refractivity contribution >= 4 is 9.84 Å². The van der Waals surface area contributed by atoms with Crippen LogP contribution in [0.25, 0.3) is 0 Å². The fraction of sp³-hybridized carbons (Fsp3) is 0.455. The van der Waals surface area contributed by atoms with E-state index < -0.39 is 27.0 Å². The highest BCUT2D eigenvalue weighted by Crippen LogP contribution is 2.42. The van der Waals surface area contributed by atoms with Gasteiger partial charge in [-0.05, 0) is 25.0 Å². The summed E-state index contributed by atoms with van der Waals surface area (Å²) in [7, 11) is -3.77. The van der Waals surface area contributed by atoms with Gasteiger partial charge < -0.3 is 5.11 Å². The SMILES string of the molecule is O=S(=O)(c1ccccc1F)C1(CO)CCC1. The van der Waals surface area contributed by atoms with Crippen LogP contribution < -0.4 is 0 Å². The van der Waals surface area contributed by atoms with E-state index in [1.54, 1.807) is 0 Å². The summed E-state index contributed by atoms with van der Waals surface area (Å²) in [5, 5.41) is 9.22. The predicted octanol–water partition coefficient (Wildman–Crippen LogP) is 1.51. The molecular formula is C11H13FO3S. The number of rotatable bonds is 3. The first-order valence-electron chi connectivity index (χ1n) is 5.13. The van der Waals surface area contributed by atoms with Gasteiger partial charge in [0, 0.05) is 0 Å². The summed E-state index contributed by atoms with van der Waals surface area (Å²) in [4.78, 5) is -0.302. The normalized spacial score (nSPS) is 19.1. The Morgan fingerprint density at radius 2 is 1.94 bits per heavy atom. The summed E-state index contributed by atoms with van der Waals surface area (Å²) in [5.41, 5.74) is 0. The Balaban J connectivity index is 2.51. The number of aliphatic hydroxyl groups is 1. The van der Waals surface area contributed by atoms with E-state index in [1.807, 2.05) is 0 Å². The van der Waals surface area contributed by atoms with Gasteiger partial charge in [-0.2, -0.15) is 0 Å². The highest BCUT2D eigenvalue weighted by molar-refractivity contribution is 7.93. The second-order valence-electron chi connectivity index (χ2n) is 4.13. The van der Waals surface area contributed by atoms with E-state index in [2.05, 4.69) is 0 Å². The molecule has 0 aromatic heterocycles. The Labute approximate surface area is 93.8 Å². The van der Waals surface area contributed by atoms with Crippen LogP contribution in [0.4, 0.5) is 4.39 Å². The maximum atomic E-state index is 13.5. The molecule has 0 spiro atoms. The number of sulfone groups is 1. The van der Waals surface area contributed by atoms with Crippen LogP contribution in [0.15, 0.2) is 29.2 Å². The van der Waals surface area contributed by atoms with Crippen molar-refractivity contribution in [1.82, 2.24) is 0 Å². The topological polar surface area (TPSA) is 54.4 Å². The highest BCUT2D eigenvalue weighted by atomic mass is 32.2. The van der Waals surface area contributed by atoms with Crippen LogP contribution in [-0.2, 0) is 9.84 Å². The fourth-order valence-electron chi connectivity index (χ4n) is 1.98. The number of hydrogen-bond acceptors (Lipinski definition) is 3. The minimum absolute atomic E-state index is 0.302. The second-order valence-corrected chi connectivity index (χ2v) is 6.44. The Hall–Kier alpha value is -0.940. The summed E-state index contributed by atoms with van der Waals surface area (Å²) in [6.07, 6.45) is 1.56. The minimum Gasteiger partial charge on any atom is -0.395 e. The molecule has 88 valence electrons. The van der Waals surface area contributed by atoms with Crippen molar-refractivity contribution < 1.29 is 17.9 Å². The number of benzene rings is 1. The lowest BCUT2D eigenvalue weighted by Gasteiger charge is -2.39. The van der Waals surface area contributed by atoms with Crippen LogP contribution >= 0.6 is 0 Å². The van der Waals surface area contributed by atoms with Gasteiger partial charge in [0.2, 0.25) is 0 Å². The molecule has 1 aromatic rings. The van der Waals surface area contributed by atoms with Crippen molar-refractivity contribution in [3.63, 3.8) is 0 Å². The molecule has 0 atom stereocenters. The van der Waals surface area contributed by atoms with Gasteiger partial charge >= 0.3 is 0 Å². The van der Waals surface area contributed by atoms with E-state index in [1.165, 1.54) is 18.2 Å². The Morgan fingerprint density at radius 1 is 1.31 bits per heavy atom. The van der Waals surface area contributed by atoms with Crippen molar-refractivity contribution in [1.29, 1.82) is 0 Å². The van der Waals surface area contributed by atoms with E-state index in [-0.39, 0.29) is 4.90 Å². The lowest BCUT2D eigenvalue weighted by molar-refractivity contribution is 0.181. The van der Waals surface area contributed by atoms with E-state index in [9.17, 15) is 17.9 Å². The van der Waals surface area contributed by atoms with Crippen LogP contribution in [0.3, 0.4) is 0 Å². The van der Waals surface area contributed by atoms with Gasteiger partial charge in [0.15, 0.2) is 9.84 Å². The number of halogens is 1. The zero-order valence-corrected chi connectivity index (χ0v) is 9.50. The van der Waals surface area contributed by atoms with Crippen LogP contribution in [0, 0.1) is 5.82 Å². The van der Waals surface area contributed by atoms with Gasteiger partial charge in [-0.25, -0.2) is 12.8 Å². The monoisotopic (exact) mass is 244 g/mol. The minimum atomic E-state index is -3.77. The third-order valence-electron chi connectivity index (χ3n) is 3.25. The van der Waals surface area contributed by atoms with Gasteiger partial charge in [-0.15, -0.1) is 0 Å². The van der Waals surface area contributed by atoms with Crippen molar-refractivity contribution in [3.8, 4) is 0 Å². The summed E-state index contributed by atoms with van der Waals surface area (Å²) in [5.74, 6) is -0.748. The van der Waals surface area contributed by atoms with Crippen molar-refractivity contribution in [3.05, 3.63) is 30.1 Å². The van der Waals surface area contributed by atoms with Gasteiger partial charge in [0.05, 0.1) is 11.4 Å². The molecule has 1 fully saturated rings. The molecule has 16 heavy (non-hydrogen) atoms. The lowest BCUT2D eigenvalue weighted by Crippen LogP contribution is -2.48. The second kappa shape index (κ2) is 3.82. The van der Waals surface area contributed by atoms with Crippen molar-refractivity contribution in [2.45, 2.75) is 28.9 Å². The Bertz CT molecular complexity index is 486. The molecule has 0 amide bonds. The van der Waals surface area contributed by atoms with Gasteiger partial charge in [-0.3, -0.25) is 0 Å². The Morgan fingerprint density at radius 3 is 2.38 bits per heavy atom. The van der Waals surface area contributed by atoms with E-state index >= 15 is 0 Å². The molecule has 0 unspecified atom stereocenters. The summed E-state index contributed by atoms with van der Waals surface area (Å²) >= 11 is 0. The molecule has 2 rings (SSSR count). The molecule has 0 aliphatic heterocycles. The maximum absolute atomic E-state index is 13.5. The van der Waals surface area contributed by atoms with Crippen molar-refractivity contribution in [2.24, 2.45) is 0 Å². The molecule has 1 N–H and O–H groups in total. The fourth-order valence-corrected chi connectivity index (χ4v) is 4.02. The van der Waals surface area contributed by atoms with Crippen molar-refractivity contribution in [2.75, 3.05) is 6.61 Å². The molecule has 1 aliphatic rings. The molecular weight excluding hydrogens is 231 g/mol. The first kappa shape index (κ1) is 11.5. The smallest absolute Gasteiger partial charge is 0.189 e. The zero-order valence-electron chi connectivity index (χ0n) is 8.69. The average Bonchev–Trinajstić information content (AvgIpc) is 2.16. The third kappa shape index (κ3) is 1.46. The summed E-state index contributed by atoms with van der Waals surface area (Å²) in [6.45, 7) is -0.441. The molecule has 5 heteroatoms. The average molecular weight is 244 g/mol.